The molecule has 17 heavy (non-hydrogen) atoms. The molecule has 0 unspecified atom stereocenters. The van der Waals surface area contributed by atoms with Crippen molar-refractivity contribution in [2.24, 2.45) is 0 Å². The van der Waals surface area contributed by atoms with Gasteiger partial charge in [0.05, 0.1) is 13.5 Å². The Morgan fingerprint density at radius 1 is 1.12 bits per heavy atom. The third kappa shape index (κ3) is 6.16. The molecule has 0 aliphatic rings. The summed E-state index contributed by atoms with van der Waals surface area (Å²) < 4.78 is 40.5. The van der Waals surface area contributed by atoms with Gasteiger partial charge in [0.2, 0.25) is 0 Å². The van der Waals surface area contributed by atoms with Gasteiger partial charge in [0.25, 0.3) is 0 Å². The molecule has 0 aliphatic carbocycles. The van der Waals surface area contributed by atoms with Crippen LogP contribution in [0.5, 0.6) is 5.75 Å². The van der Waals surface area contributed by atoms with Crippen molar-refractivity contribution in [3.8, 4) is 5.75 Å². The van der Waals surface area contributed by atoms with E-state index in [1.807, 2.05) is 24.3 Å². The molecular formula is C12H16F3NO. The highest BCUT2D eigenvalue weighted by Gasteiger charge is 2.25. The molecule has 0 atom stereocenters. The number of rotatable bonds is 6. The van der Waals surface area contributed by atoms with E-state index in [4.69, 9.17) is 4.74 Å². The van der Waals surface area contributed by atoms with Crippen molar-refractivity contribution < 1.29 is 17.9 Å². The maximum Gasteiger partial charge on any atom is 0.390 e. The summed E-state index contributed by atoms with van der Waals surface area (Å²) >= 11 is 0. The minimum atomic E-state index is -4.08. The Balaban J connectivity index is 2.18. The molecule has 1 aromatic rings. The van der Waals surface area contributed by atoms with Crippen molar-refractivity contribution in [2.45, 2.75) is 19.0 Å². The van der Waals surface area contributed by atoms with E-state index in [9.17, 15) is 13.2 Å². The van der Waals surface area contributed by atoms with Gasteiger partial charge in [-0.2, -0.15) is 13.2 Å². The van der Waals surface area contributed by atoms with E-state index in [0.29, 0.717) is 13.0 Å². The summed E-state index contributed by atoms with van der Waals surface area (Å²) in [5, 5.41) is 2.77. The van der Waals surface area contributed by atoms with Crippen LogP contribution in [0, 0.1) is 0 Å². The first-order valence-corrected chi connectivity index (χ1v) is 5.41. The van der Waals surface area contributed by atoms with Crippen molar-refractivity contribution in [3.05, 3.63) is 29.8 Å². The zero-order chi connectivity index (χ0) is 12.7. The second kappa shape index (κ2) is 6.49. The standard InChI is InChI=1S/C12H16F3NO/c1-17-11-4-2-10(3-5-11)6-8-16-9-7-12(13,14)15/h2-5,16H,6-9H2,1H3. The summed E-state index contributed by atoms with van der Waals surface area (Å²) in [7, 11) is 1.59. The molecule has 0 radical (unpaired) electrons. The van der Waals surface area contributed by atoms with Crippen molar-refractivity contribution in [2.75, 3.05) is 20.2 Å². The minimum Gasteiger partial charge on any atom is -0.497 e. The fourth-order valence-electron chi connectivity index (χ4n) is 1.38. The lowest BCUT2D eigenvalue weighted by atomic mass is 10.1. The van der Waals surface area contributed by atoms with Crippen LogP contribution in [-0.4, -0.2) is 26.4 Å². The molecule has 0 aliphatic heterocycles. The van der Waals surface area contributed by atoms with Gasteiger partial charge in [-0.15, -0.1) is 0 Å². The van der Waals surface area contributed by atoms with Crippen LogP contribution in [0.3, 0.4) is 0 Å². The van der Waals surface area contributed by atoms with Crippen LogP contribution in [0.4, 0.5) is 13.2 Å². The predicted molar refractivity (Wildman–Crippen MR) is 60.2 cm³/mol. The van der Waals surface area contributed by atoms with Crippen LogP contribution >= 0.6 is 0 Å². The smallest absolute Gasteiger partial charge is 0.390 e. The maximum absolute atomic E-state index is 11.8. The summed E-state index contributed by atoms with van der Waals surface area (Å²) in [5.41, 5.74) is 1.07. The lowest BCUT2D eigenvalue weighted by Gasteiger charge is -2.08. The SMILES string of the molecule is COc1ccc(CCNCCC(F)(F)F)cc1. The molecule has 5 heteroatoms. The third-order valence-electron chi connectivity index (χ3n) is 2.33. The zero-order valence-corrected chi connectivity index (χ0v) is 9.68. The van der Waals surface area contributed by atoms with E-state index < -0.39 is 12.6 Å². The number of nitrogens with one attached hydrogen (secondary N) is 1. The monoisotopic (exact) mass is 247 g/mol. The van der Waals surface area contributed by atoms with Crippen LogP contribution in [-0.2, 0) is 6.42 Å². The molecular weight excluding hydrogens is 231 g/mol. The first-order chi connectivity index (χ1) is 8.01. The molecule has 96 valence electrons. The van der Waals surface area contributed by atoms with Crippen LogP contribution in [0.2, 0.25) is 0 Å². The highest BCUT2D eigenvalue weighted by atomic mass is 19.4. The van der Waals surface area contributed by atoms with Crippen LogP contribution in [0.15, 0.2) is 24.3 Å². The number of methoxy groups -OCH3 is 1. The molecule has 0 saturated heterocycles. The Morgan fingerprint density at radius 2 is 1.76 bits per heavy atom. The van der Waals surface area contributed by atoms with Crippen molar-refractivity contribution in [3.63, 3.8) is 0 Å². The highest BCUT2D eigenvalue weighted by molar-refractivity contribution is 5.27. The Labute approximate surface area is 98.8 Å². The fraction of sp³-hybridized carbons (Fsp3) is 0.500. The summed E-state index contributed by atoms with van der Waals surface area (Å²) in [6, 6.07) is 7.49. The molecule has 0 fully saturated rings. The molecule has 0 spiro atoms. The Bertz CT molecular complexity index is 322. The van der Waals surface area contributed by atoms with Gasteiger partial charge >= 0.3 is 6.18 Å². The van der Waals surface area contributed by atoms with Gasteiger partial charge in [-0.3, -0.25) is 0 Å². The second-order valence-corrected chi connectivity index (χ2v) is 3.71. The van der Waals surface area contributed by atoms with Crippen LogP contribution in [0.1, 0.15) is 12.0 Å². The van der Waals surface area contributed by atoms with Crippen molar-refractivity contribution >= 4 is 0 Å². The van der Waals surface area contributed by atoms with Gasteiger partial charge in [-0.25, -0.2) is 0 Å². The zero-order valence-electron chi connectivity index (χ0n) is 9.68. The molecule has 0 saturated carbocycles. The molecule has 0 amide bonds. The highest BCUT2D eigenvalue weighted by Crippen LogP contribution is 2.18. The largest absolute Gasteiger partial charge is 0.497 e. The number of ether oxygens (including phenoxy) is 1. The number of benzene rings is 1. The Morgan fingerprint density at radius 3 is 2.29 bits per heavy atom. The molecule has 0 heterocycles. The second-order valence-electron chi connectivity index (χ2n) is 3.71. The van der Waals surface area contributed by atoms with E-state index in [-0.39, 0.29) is 6.54 Å². The third-order valence-corrected chi connectivity index (χ3v) is 2.33. The van der Waals surface area contributed by atoms with Crippen molar-refractivity contribution in [1.82, 2.24) is 5.32 Å². The van der Waals surface area contributed by atoms with E-state index in [1.165, 1.54) is 0 Å². The van der Waals surface area contributed by atoms with Crippen molar-refractivity contribution in [1.29, 1.82) is 0 Å². The number of hydrogen-bond donors (Lipinski definition) is 1. The topological polar surface area (TPSA) is 21.3 Å². The number of alkyl halides is 3. The molecule has 1 rings (SSSR count). The van der Waals surface area contributed by atoms with Crippen LogP contribution in [0.25, 0.3) is 0 Å². The predicted octanol–water partition coefficient (Wildman–Crippen LogP) is 2.78. The van der Waals surface area contributed by atoms with Gasteiger partial charge in [0.1, 0.15) is 5.75 Å². The van der Waals surface area contributed by atoms with Gasteiger partial charge in [0.15, 0.2) is 0 Å². The first-order valence-electron chi connectivity index (χ1n) is 5.41. The molecule has 0 aromatic heterocycles. The summed E-state index contributed by atoms with van der Waals surface area (Å²) in [4.78, 5) is 0. The average Bonchev–Trinajstić information content (AvgIpc) is 2.28. The van der Waals surface area contributed by atoms with E-state index in [1.54, 1.807) is 7.11 Å². The van der Waals surface area contributed by atoms with Gasteiger partial charge in [0, 0.05) is 6.54 Å². The Kier molecular flexibility index (Phi) is 5.28. The van der Waals surface area contributed by atoms with Gasteiger partial charge in [-0.05, 0) is 30.7 Å². The lowest BCUT2D eigenvalue weighted by molar-refractivity contribution is -0.133. The maximum atomic E-state index is 11.8. The molecule has 1 aromatic carbocycles. The number of halogens is 3. The van der Waals surface area contributed by atoms with Crippen LogP contribution < -0.4 is 10.1 Å². The van der Waals surface area contributed by atoms with Gasteiger partial charge < -0.3 is 10.1 Å². The van der Waals surface area contributed by atoms with E-state index >= 15 is 0 Å². The molecule has 0 bridgehead atoms. The number of hydrogen-bond acceptors (Lipinski definition) is 2. The molecule has 1 N–H and O–H groups in total. The van der Waals surface area contributed by atoms with E-state index in [2.05, 4.69) is 5.32 Å². The lowest BCUT2D eigenvalue weighted by Crippen LogP contribution is -2.23. The summed E-state index contributed by atoms with van der Waals surface area (Å²) in [6.45, 7) is 0.516. The van der Waals surface area contributed by atoms with E-state index in [0.717, 1.165) is 11.3 Å². The summed E-state index contributed by atoms with van der Waals surface area (Å²) in [6.07, 6.45) is -4.15. The Hall–Kier alpha value is -1.23. The first kappa shape index (κ1) is 13.8. The average molecular weight is 247 g/mol. The minimum absolute atomic E-state index is 0.0281. The fourth-order valence-corrected chi connectivity index (χ4v) is 1.38. The van der Waals surface area contributed by atoms with Gasteiger partial charge in [-0.1, -0.05) is 12.1 Å². The summed E-state index contributed by atoms with van der Waals surface area (Å²) in [5.74, 6) is 0.777. The molecule has 2 nitrogen and oxygen atoms in total. The normalized spacial score (nSPS) is 11.5. The quantitative estimate of drug-likeness (QED) is 0.780.